The van der Waals surface area contributed by atoms with Gasteiger partial charge in [0.25, 0.3) is 0 Å². The molecule has 0 atom stereocenters. The number of urea groups is 1. The highest BCUT2D eigenvalue weighted by molar-refractivity contribution is 7.17. The van der Waals surface area contributed by atoms with Crippen LogP contribution >= 0.6 is 22.7 Å². The number of rotatable bonds is 10. The van der Waals surface area contributed by atoms with Gasteiger partial charge in [0, 0.05) is 40.8 Å². The van der Waals surface area contributed by atoms with E-state index in [-0.39, 0.29) is 11.4 Å². The van der Waals surface area contributed by atoms with Crippen molar-refractivity contribution >= 4 is 55.6 Å². The number of carbonyl (C=O) groups excluding carboxylic acids is 1. The molecule has 3 N–H and O–H groups in total. The average Bonchev–Trinajstić information content (AvgIpc) is 3.29. The van der Waals surface area contributed by atoms with E-state index in [1.807, 2.05) is 11.4 Å². The van der Waals surface area contributed by atoms with Gasteiger partial charge in [-0.15, -0.1) is 22.7 Å². The standard InChI is InChI=1S/C25H28FN7OS2/c1-3-33(4-2)25(9-10-25)18-13-16(5-6-19(18)26)31-23(34)32-24-28-14-17(36-24)7-11-27-22-21-20(8-12-35-21)29-15-30-22/h5-6,8,12-15H,3-4,7,9-11H2,1-2H3,(H,27,29,30)(H2,28,31,32,34). The van der Waals surface area contributed by atoms with Crippen LogP contribution in [0, 0.1) is 5.82 Å². The first-order chi connectivity index (χ1) is 17.5. The first-order valence-electron chi connectivity index (χ1n) is 12.0. The molecule has 36 heavy (non-hydrogen) atoms. The number of halogens is 1. The Balaban J connectivity index is 1.17. The van der Waals surface area contributed by atoms with Crippen molar-refractivity contribution < 1.29 is 9.18 Å². The van der Waals surface area contributed by atoms with Crippen LogP contribution in [0.5, 0.6) is 0 Å². The Hall–Kier alpha value is -3.15. The number of carbonyl (C=O) groups is 1. The molecule has 4 aromatic rings. The molecule has 11 heteroatoms. The second kappa shape index (κ2) is 10.5. The minimum atomic E-state index is -0.402. The maximum absolute atomic E-state index is 14.7. The number of thiophene rings is 1. The lowest BCUT2D eigenvalue weighted by molar-refractivity contribution is 0.192. The second-order valence-electron chi connectivity index (χ2n) is 8.64. The normalized spacial score (nSPS) is 14.2. The summed E-state index contributed by atoms with van der Waals surface area (Å²) in [6.45, 7) is 6.58. The predicted molar refractivity (Wildman–Crippen MR) is 145 cm³/mol. The van der Waals surface area contributed by atoms with Crippen LogP contribution in [0.1, 0.15) is 37.1 Å². The summed E-state index contributed by atoms with van der Waals surface area (Å²) in [5.41, 5.74) is 1.88. The number of amides is 2. The Morgan fingerprint density at radius 2 is 1.97 bits per heavy atom. The third-order valence-corrected chi connectivity index (χ3v) is 8.38. The van der Waals surface area contributed by atoms with E-state index in [1.54, 1.807) is 36.0 Å². The average molecular weight is 526 g/mol. The molecule has 1 saturated carbocycles. The number of anilines is 3. The van der Waals surface area contributed by atoms with Gasteiger partial charge in [0.15, 0.2) is 5.13 Å². The van der Waals surface area contributed by atoms with Crippen LogP contribution in [-0.4, -0.2) is 45.5 Å². The molecule has 0 spiro atoms. The molecule has 3 heterocycles. The molecule has 1 aliphatic carbocycles. The zero-order valence-corrected chi connectivity index (χ0v) is 21.8. The molecule has 1 fully saturated rings. The third kappa shape index (κ3) is 5.04. The van der Waals surface area contributed by atoms with Crippen molar-refractivity contribution in [2.24, 2.45) is 0 Å². The van der Waals surface area contributed by atoms with Crippen molar-refractivity contribution in [2.75, 3.05) is 35.6 Å². The number of thiazole rings is 1. The molecular weight excluding hydrogens is 497 g/mol. The summed E-state index contributed by atoms with van der Waals surface area (Å²) in [5, 5.41) is 11.5. The van der Waals surface area contributed by atoms with Gasteiger partial charge in [-0.25, -0.2) is 24.1 Å². The fourth-order valence-electron chi connectivity index (χ4n) is 4.62. The molecule has 188 valence electrons. The molecule has 0 saturated heterocycles. The maximum atomic E-state index is 14.7. The summed E-state index contributed by atoms with van der Waals surface area (Å²) in [4.78, 5) is 28.8. The Morgan fingerprint density at radius 1 is 1.14 bits per heavy atom. The summed E-state index contributed by atoms with van der Waals surface area (Å²) in [5.74, 6) is 0.593. The van der Waals surface area contributed by atoms with E-state index in [2.05, 4.69) is 49.6 Å². The maximum Gasteiger partial charge on any atom is 0.325 e. The van der Waals surface area contributed by atoms with E-state index in [1.165, 1.54) is 17.4 Å². The quantitative estimate of drug-likeness (QED) is 0.238. The van der Waals surface area contributed by atoms with E-state index in [9.17, 15) is 9.18 Å². The van der Waals surface area contributed by atoms with Gasteiger partial charge in [-0.2, -0.15) is 0 Å². The lowest BCUT2D eigenvalue weighted by Gasteiger charge is -2.30. The van der Waals surface area contributed by atoms with Crippen molar-refractivity contribution in [2.45, 2.75) is 38.6 Å². The summed E-state index contributed by atoms with van der Waals surface area (Å²) in [6.07, 6.45) is 5.91. The molecule has 0 radical (unpaired) electrons. The lowest BCUT2D eigenvalue weighted by Crippen LogP contribution is -2.35. The molecule has 3 aromatic heterocycles. The van der Waals surface area contributed by atoms with E-state index >= 15 is 0 Å². The highest BCUT2D eigenvalue weighted by Crippen LogP contribution is 2.52. The smallest absolute Gasteiger partial charge is 0.325 e. The van der Waals surface area contributed by atoms with Crippen molar-refractivity contribution in [1.29, 1.82) is 0 Å². The number of aromatic nitrogens is 3. The number of nitrogens with zero attached hydrogens (tertiary/aromatic N) is 4. The number of fused-ring (bicyclic) bond motifs is 1. The van der Waals surface area contributed by atoms with Gasteiger partial charge in [-0.1, -0.05) is 13.8 Å². The first-order valence-corrected chi connectivity index (χ1v) is 13.7. The highest BCUT2D eigenvalue weighted by Gasteiger charge is 2.49. The minimum Gasteiger partial charge on any atom is -0.368 e. The molecule has 0 unspecified atom stereocenters. The van der Waals surface area contributed by atoms with Gasteiger partial charge in [0.05, 0.1) is 10.2 Å². The third-order valence-electron chi connectivity index (χ3n) is 6.50. The summed E-state index contributed by atoms with van der Waals surface area (Å²) in [7, 11) is 0. The topological polar surface area (TPSA) is 95.1 Å². The predicted octanol–water partition coefficient (Wildman–Crippen LogP) is 5.92. The van der Waals surface area contributed by atoms with Crippen LogP contribution in [0.2, 0.25) is 0 Å². The molecule has 8 nitrogen and oxygen atoms in total. The van der Waals surface area contributed by atoms with E-state index < -0.39 is 6.03 Å². The molecule has 5 rings (SSSR count). The number of hydrogen-bond donors (Lipinski definition) is 3. The van der Waals surface area contributed by atoms with Crippen molar-refractivity contribution in [3.8, 4) is 0 Å². The summed E-state index contributed by atoms with van der Waals surface area (Å²) >= 11 is 3.03. The van der Waals surface area contributed by atoms with E-state index in [0.717, 1.165) is 53.3 Å². The van der Waals surface area contributed by atoms with Crippen molar-refractivity contribution in [1.82, 2.24) is 19.9 Å². The van der Waals surface area contributed by atoms with E-state index in [0.29, 0.717) is 22.9 Å². The molecular formula is C25H28FN7OS2. The highest BCUT2D eigenvalue weighted by atomic mass is 32.1. The van der Waals surface area contributed by atoms with Gasteiger partial charge in [0.1, 0.15) is 18.0 Å². The SMILES string of the molecule is CCN(CC)C1(c2cc(NC(=O)Nc3ncc(CCNc4ncnc5ccsc45)s3)ccc2F)CC1. The van der Waals surface area contributed by atoms with Crippen LogP contribution in [0.3, 0.4) is 0 Å². The molecule has 2 amide bonds. The number of benzene rings is 1. The van der Waals surface area contributed by atoms with Crippen LogP contribution in [0.15, 0.2) is 42.2 Å². The second-order valence-corrected chi connectivity index (χ2v) is 10.7. The van der Waals surface area contributed by atoms with Gasteiger partial charge in [-0.05, 0) is 55.6 Å². The fourth-order valence-corrected chi connectivity index (χ4v) is 6.24. The Morgan fingerprint density at radius 3 is 2.75 bits per heavy atom. The van der Waals surface area contributed by atoms with Crippen LogP contribution < -0.4 is 16.0 Å². The molecule has 0 bridgehead atoms. The number of nitrogens with one attached hydrogen (secondary N) is 3. The minimum absolute atomic E-state index is 0.231. The summed E-state index contributed by atoms with van der Waals surface area (Å²) < 4.78 is 15.8. The Kier molecular flexibility index (Phi) is 7.13. The molecule has 1 aliphatic rings. The van der Waals surface area contributed by atoms with Gasteiger partial charge >= 0.3 is 6.03 Å². The largest absolute Gasteiger partial charge is 0.368 e. The Labute approximate surface area is 217 Å². The van der Waals surface area contributed by atoms with Gasteiger partial charge < -0.3 is 10.6 Å². The number of hydrogen-bond acceptors (Lipinski definition) is 8. The van der Waals surface area contributed by atoms with Gasteiger partial charge in [0.2, 0.25) is 0 Å². The summed E-state index contributed by atoms with van der Waals surface area (Å²) in [6, 6.07) is 6.36. The zero-order valence-electron chi connectivity index (χ0n) is 20.2. The van der Waals surface area contributed by atoms with Crippen LogP contribution in [0.4, 0.5) is 25.8 Å². The van der Waals surface area contributed by atoms with Crippen LogP contribution in [-0.2, 0) is 12.0 Å². The van der Waals surface area contributed by atoms with Crippen LogP contribution in [0.25, 0.3) is 10.2 Å². The van der Waals surface area contributed by atoms with Crippen molar-refractivity contribution in [3.63, 3.8) is 0 Å². The Bertz CT molecular complexity index is 1360. The fraction of sp³-hybridized carbons (Fsp3) is 0.360. The zero-order chi connectivity index (χ0) is 25.1. The molecule has 1 aromatic carbocycles. The van der Waals surface area contributed by atoms with Gasteiger partial charge in [-0.3, -0.25) is 10.2 Å². The van der Waals surface area contributed by atoms with E-state index in [4.69, 9.17) is 0 Å². The first kappa shape index (κ1) is 24.5. The monoisotopic (exact) mass is 525 g/mol. The lowest BCUT2D eigenvalue weighted by atomic mass is 10.0. The van der Waals surface area contributed by atoms with Crippen molar-refractivity contribution in [3.05, 3.63) is 58.4 Å². The molecule has 0 aliphatic heterocycles.